The Labute approximate surface area is 129 Å². The summed E-state index contributed by atoms with van der Waals surface area (Å²) in [6.07, 6.45) is 1.76. The van der Waals surface area contributed by atoms with Crippen LogP contribution in [0.3, 0.4) is 0 Å². The fourth-order valence-corrected chi connectivity index (χ4v) is 3.81. The molecule has 2 aromatic rings. The minimum absolute atomic E-state index is 0.157. The van der Waals surface area contributed by atoms with Crippen molar-refractivity contribution in [3.8, 4) is 0 Å². The van der Waals surface area contributed by atoms with Crippen LogP contribution < -0.4 is 10.6 Å². The molecule has 6 nitrogen and oxygen atoms in total. The van der Waals surface area contributed by atoms with E-state index in [0.29, 0.717) is 11.8 Å². The van der Waals surface area contributed by atoms with E-state index >= 15 is 0 Å². The molecule has 1 aliphatic heterocycles. The van der Waals surface area contributed by atoms with Gasteiger partial charge in [0.25, 0.3) is 0 Å². The van der Waals surface area contributed by atoms with Gasteiger partial charge in [-0.1, -0.05) is 0 Å². The molecule has 1 amide bonds. The molecule has 0 bridgehead atoms. The van der Waals surface area contributed by atoms with E-state index in [9.17, 15) is 4.79 Å². The van der Waals surface area contributed by atoms with Crippen molar-refractivity contribution in [2.45, 2.75) is 19.4 Å². The molecule has 6 heteroatoms. The van der Waals surface area contributed by atoms with Crippen LogP contribution in [0.2, 0.25) is 0 Å². The molecule has 1 saturated heterocycles. The van der Waals surface area contributed by atoms with Gasteiger partial charge < -0.3 is 10.6 Å². The summed E-state index contributed by atoms with van der Waals surface area (Å²) < 4.78 is 1.77. The number of pyridine rings is 1. The predicted molar refractivity (Wildman–Crippen MR) is 83.0 cm³/mol. The van der Waals surface area contributed by atoms with Crippen molar-refractivity contribution in [1.82, 2.24) is 25.4 Å². The number of aromatic nitrogens is 3. The number of carbonyl (C=O) groups is 1. The SMILES string of the molecule is Cn1nc(C(C)(C)NC(=O)C2[C@H]3CNC[C@@H]23)c2cccnc21. The minimum atomic E-state index is -0.510. The van der Waals surface area contributed by atoms with Crippen molar-refractivity contribution < 1.29 is 4.79 Å². The number of rotatable bonds is 3. The Morgan fingerprint density at radius 1 is 1.41 bits per heavy atom. The molecule has 3 atom stereocenters. The zero-order valence-corrected chi connectivity index (χ0v) is 13.1. The molecule has 4 rings (SSSR count). The van der Waals surface area contributed by atoms with Gasteiger partial charge in [-0.25, -0.2) is 4.98 Å². The Morgan fingerprint density at radius 2 is 2.14 bits per heavy atom. The van der Waals surface area contributed by atoms with E-state index < -0.39 is 5.54 Å². The van der Waals surface area contributed by atoms with Crippen molar-refractivity contribution in [2.24, 2.45) is 24.8 Å². The van der Waals surface area contributed by atoms with Gasteiger partial charge in [-0.15, -0.1) is 0 Å². The van der Waals surface area contributed by atoms with Gasteiger partial charge in [0.2, 0.25) is 5.91 Å². The second kappa shape index (κ2) is 4.52. The maximum Gasteiger partial charge on any atom is 0.224 e. The summed E-state index contributed by atoms with van der Waals surface area (Å²) in [5, 5.41) is 12.1. The van der Waals surface area contributed by atoms with E-state index in [1.165, 1.54) is 0 Å². The molecular weight excluding hydrogens is 278 g/mol. The lowest BCUT2D eigenvalue weighted by Crippen LogP contribution is -2.43. The third-order valence-corrected chi connectivity index (χ3v) is 5.02. The molecule has 116 valence electrons. The first-order chi connectivity index (χ1) is 10.5. The fraction of sp³-hybridized carbons (Fsp3) is 0.562. The molecule has 0 radical (unpaired) electrons. The van der Waals surface area contributed by atoms with Crippen molar-refractivity contribution >= 4 is 16.9 Å². The largest absolute Gasteiger partial charge is 0.345 e. The maximum atomic E-state index is 12.6. The third kappa shape index (κ3) is 1.94. The number of nitrogens with zero attached hydrogens (tertiary/aromatic N) is 3. The number of hydrogen-bond acceptors (Lipinski definition) is 4. The van der Waals surface area contributed by atoms with Crippen LogP contribution in [0.4, 0.5) is 0 Å². The molecule has 3 heterocycles. The molecule has 2 fully saturated rings. The molecule has 1 unspecified atom stereocenters. The first-order valence-corrected chi connectivity index (χ1v) is 7.80. The van der Waals surface area contributed by atoms with Gasteiger partial charge in [0.1, 0.15) is 0 Å². The van der Waals surface area contributed by atoms with Crippen LogP contribution in [0.15, 0.2) is 18.3 Å². The van der Waals surface area contributed by atoms with E-state index in [4.69, 9.17) is 0 Å². The Kier molecular flexibility index (Phi) is 2.81. The molecule has 0 aromatic carbocycles. The zero-order valence-electron chi connectivity index (χ0n) is 13.1. The van der Waals surface area contributed by atoms with Crippen molar-refractivity contribution in [1.29, 1.82) is 0 Å². The van der Waals surface area contributed by atoms with E-state index in [1.807, 2.05) is 33.0 Å². The molecule has 22 heavy (non-hydrogen) atoms. The Bertz CT molecular complexity index is 740. The number of piperidine rings is 1. The molecule has 2 aromatic heterocycles. The summed E-state index contributed by atoms with van der Waals surface area (Å²) in [5.74, 6) is 1.38. The number of fused-ring (bicyclic) bond motifs is 2. The molecule has 2 aliphatic rings. The van der Waals surface area contributed by atoms with Crippen molar-refractivity contribution in [3.05, 3.63) is 24.0 Å². The maximum absolute atomic E-state index is 12.6. The van der Waals surface area contributed by atoms with Crippen LogP contribution in [0.1, 0.15) is 19.5 Å². The van der Waals surface area contributed by atoms with Crippen LogP contribution in [-0.2, 0) is 17.4 Å². The lowest BCUT2D eigenvalue weighted by atomic mass is 9.97. The van der Waals surface area contributed by atoms with Gasteiger partial charge in [0.05, 0.1) is 11.2 Å². The van der Waals surface area contributed by atoms with Crippen molar-refractivity contribution in [3.63, 3.8) is 0 Å². The van der Waals surface area contributed by atoms with Gasteiger partial charge in [0.15, 0.2) is 5.65 Å². The standard InChI is InChI=1S/C16H21N5O/c1-16(2,19-15(22)12-10-7-17-8-11(10)12)13-9-5-4-6-18-14(9)21(3)20-13/h4-6,10-12,17H,7-8H2,1-3H3,(H,19,22)/t10-,11+,12?. The topological polar surface area (TPSA) is 71.8 Å². The highest BCUT2D eigenvalue weighted by molar-refractivity contribution is 5.85. The van der Waals surface area contributed by atoms with Crippen molar-refractivity contribution in [2.75, 3.05) is 13.1 Å². The molecule has 1 aliphatic carbocycles. The monoisotopic (exact) mass is 299 g/mol. The minimum Gasteiger partial charge on any atom is -0.345 e. The lowest BCUT2D eigenvalue weighted by Gasteiger charge is -2.25. The summed E-state index contributed by atoms with van der Waals surface area (Å²) in [6.45, 7) is 5.96. The number of carbonyl (C=O) groups excluding carboxylic acids is 1. The van der Waals surface area contributed by atoms with E-state index in [0.717, 1.165) is 29.8 Å². The average molecular weight is 299 g/mol. The molecule has 2 N–H and O–H groups in total. The van der Waals surface area contributed by atoms with Gasteiger partial charge in [-0.3, -0.25) is 9.48 Å². The third-order valence-electron chi connectivity index (χ3n) is 5.02. The Hall–Kier alpha value is -1.95. The zero-order chi connectivity index (χ0) is 15.5. The summed E-state index contributed by atoms with van der Waals surface area (Å²) in [4.78, 5) is 16.9. The number of aryl methyl sites for hydroxylation is 1. The second-order valence-corrected chi connectivity index (χ2v) is 6.97. The van der Waals surface area contributed by atoms with Crippen LogP contribution in [0, 0.1) is 17.8 Å². The molecular formula is C16H21N5O. The summed E-state index contributed by atoms with van der Waals surface area (Å²) in [7, 11) is 1.88. The first-order valence-electron chi connectivity index (χ1n) is 7.80. The van der Waals surface area contributed by atoms with E-state index in [-0.39, 0.29) is 11.8 Å². The number of amides is 1. The highest BCUT2D eigenvalue weighted by Crippen LogP contribution is 2.49. The van der Waals surface area contributed by atoms with Gasteiger partial charge in [0, 0.05) is 24.5 Å². The fourth-order valence-electron chi connectivity index (χ4n) is 3.81. The normalized spacial score (nSPS) is 27.0. The highest BCUT2D eigenvalue weighted by Gasteiger charge is 2.57. The van der Waals surface area contributed by atoms with Crippen LogP contribution in [0.5, 0.6) is 0 Å². The summed E-state index contributed by atoms with van der Waals surface area (Å²) >= 11 is 0. The first kappa shape index (κ1) is 13.7. The Morgan fingerprint density at radius 3 is 2.86 bits per heavy atom. The van der Waals surface area contributed by atoms with Crippen LogP contribution >= 0.6 is 0 Å². The van der Waals surface area contributed by atoms with Gasteiger partial charge in [-0.05, 0) is 50.9 Å². The predicted octanol–water partition coefficient (Wildman–Crippen LogP) is 0.785. The smallest absolute Gasteiger partial charge is 0.224 e. The number of nitrogens with one attached hydrogen (secondary N) is 2. The van der Waals surface area contributed by atoms with E-state index in [2.05, 4.69) is 20.7 Å². The van der Waals surface area contributed by atoms with Gasteiger partial charge in [-0.2, -0.15) is 5.10 Å². The summed E-state index contributed by atoms with van der Waals surface area (Å²) in [6, 6.07) is 3.91. The van der Waals surface area contributed by atoms with E-state index in [1.54, 1.807) is 10.9 Å². The average Bonchev–Trinajstić information content (AvgIpc) is 2.82. The quantitative estimate of drug-likeness (QED) is 0.879. The van der Waals surface area contributed by atoms with Crippen LogP contribution in [0.25, 0.3) is 11.0 Å². The lowest BCUT2D eigenvalue weighted by molar-refractivity contribution is -0.124. The number of hydrogen-bond donors (Lipinski definition) is 2. The van der Waals surface area contributed by atoms with Crippen LogP contribution in [-0.4, -0.2) is 33.8 Å². The Balaban J connectivity index is 1.61. The highest BCUT2D eigenvalue weighted by atomic mass is 16.2. The molecule has 0 spiro atoms. The molecule has 1 saturated carbocycles. The second-order valence-electron chi connectivity index (χ2n) is 6.97. The summed E-state index contributed by atoms with van der Waals surface area (Å²) in [5.41, 5.74) is 1.20. The van der Waals surface area contributed by atoms with Gasteiger partial charge >= 0.3 is 0 Å².